The van der Waals surface area contributed by atoms with E-state index in [2.05, 4.69) is 17.2 Å². The molecule has 5 rings (SSSR count). The van der Waals surface area contributed by atoms with Crippen LogP contribution >= 0.6 is 11.8 Å². The fourth-order valence-electron chi connectivity index (χ4n) is 4.25. The van der Waals surface area contributed by atoms with Gasteiger partial charge >= 0.3 is 0 Å². The second-order valence-electron chi connectivity index (χ2n) is 7.68. The van der Waals surface area contributed by atoms with Gasteiger partial charge in [-0.15, -0.1) is 0 Å². The molecule has 1 aliphatic carbocycles. The topological polar surface area (TPSA) is 93.3 Å². The number of fused-ring (bicyclic) bond motifs is 2. The number of nitrogens with zero attached hydrogens (tertiary/aromatic N) is 1. The summed E-state index contributed by atoms with van der Waals surface area (Å²) >= 11 is 1.55. The first-order valence-electron chi connectivity index (χ1n) is 10.4. The zero-order chi connectivity index (χ0) is 20.7. The number of H-pyrrole nitrogens is 1. The first-order chi connectivity index (χ1) is 14.7. The normalized spacial score (nSPS) is 19.4. The van der Waals surface area contributed by atoms with Crippen LogP contribution in [0.4, 0.5) is 5.82 Å². The van der Waals surface area contributed by atoms with Crippen molar-refractivity contribution < 1.29 is 14.3 Å². The quantitative estimate of drug-likeness (QED) is 0.425. The van der Waals surface area contributed by atoms with Crippen LogP contribution in [0.25, 0.3) is 0 Å². The highest BCUT2D eigenvalue weighted by Gasteiger charge is 2.38. The van der Waals surface area contributed by atoms with E-state index in [-0.39, 0.29) is 18.1 Å². The van der Waals surface area contributed by atoms with Gasteiger partial charge in [-0.3, -0.25) is 9.59 Å². The number of hydrogen-bond acceptors (Lipinski definition) is 7. The van der Waals surface area contributed by atoms with E-state index in [0.29, 0.717) is 40.0 Å². The Morgan fingerprint density at radius 1 is 1.20 bits per heavy atom. The number of allylic oxidation sites excluding steroid dienone is 2. The minimum absolute atomic E-state index is 0.0814. The molecule has 156 valence electrons. The maximum atomic E-state index is 13.2. The summed E-state index contributed by atoms with van der Waals surface area (Å²) in [5, 5.41) is 3.92. The molecule has 0 fully saturated rings. The van der Waals surface area contributed by atoms with Crippen LogP contribution in [0.1, 0.15) is 56.1 Å². The molecule has 3 heterocycles. The standard InChI is InChI=1S/C22H23N3O4S/c1-2-3-9-30-22-24-20-19(21(27)25-22)17(18-13(23-20)5-4-6-14(18)26)12-7-8-15-16(10-12)29-11-28-15/h7-8,10,17H,2-6,9,11H2,1H3,(H2,23,24,25,27). The van der Waals surface area contributed by atoms with E-state index in [9.17, 15) is 9.59 Å². The van der Waals surface area contributed by atoms with Gasteiger partial charge in [-0.05, 0) is 37.0 Å². The smallest absolute Gasteiger partial charge is 0.257 e. The Bertz CT molecular complexity index is 1110. The van der Waals surface area contributed by atoms with Gasteiger partial charge in [-0.25, -0.2) is 4.98 Å². The SMILES string of the molecule is CCCCSc1nc2c(c(=O)[nH]1)C(c1ccc3c(c1)OCO3)C1=C(CCCC1=O)N2. The van der Waals surface area contributed by atoms with Crippen LogP contribution in [-0.4, -0.2) is 28.3 Å². The summed E-state index contributed by atoms with van der Waals surface area (Å²) in [7, 11) is 0. The Balaban J connectivity index is 1.63. The van der Waals surface area contributed by atoms with Gasteiger partial charge < -0.3 is 19.8 Å². The van der Waals surface area contributed by atoms with Gasteiger partial charge in [-0.1, -0.05) is 31.2 Å². The van der Waals surface area contributed by atoms with Crippen LogP contribution < -0.4 is 20.3 Å². The molecule has 1 aromatic heterocycles. The molecule has 1 atom stereocenters. The summed E-state index contributed by atoms with van der Waals surface area (Å²) < 4.78 is 11.0. The van der Waals surface area contributed by atoms with Gasteiger partial charge in [-0.2, -0.15) is 0 Å². The molecule has 1 unspecified atom stereocenters. The molecule has 30 heavy (non-hydrogen) atoms. The zero-order valence-corrected chi connectivity index (χ0v) is 17.6. The van der Waals surface area contributed by atoms with Gasteiger partial charge in [0.15, 0.2) is 22.4 Å². The maximum absolute atomic E-state index is 13.2. The fourth-order valence-corrected chi connectivity index (χ4v) is 5.20. The molecule has 0 bridgehead atoms. The highest BCUT2D eigenvalue weighted by Crippen LogP contribution is 2.45. The molecule has 1 aromatic carbocycles. The van der Waals surface area contributed by atoms with Crippen LogP contribution in [0.2, 0.25) is 0 Å². The van der Waals surface area contributed by atoms with E-state index in [1.54, 1.807) is 11.8 Å². The molecule has 0 radical (unpaired) electrons. The van der Waals surface area contributed by atoms with E-state index < -0.39 is 5.92 Å². The van der Waals surface area contributed by atoms with Crippen LogP contribution in [0.15, 0.2) is 39.4 Å². The largest absolute Gasteiger partial charge is 0.454 e. The van der Waals surface area contributed by atoms with Crippen molar-refractivity contribution in [1.29, 1.82) is 0 Å². The number of ketones is 1. The summed E-state index contributed by atoms with van der Waals surface area (Å²) in [5.74, 6) is 2.37. The first-order valence-corrected chi connectivity index (χ1v) is 11.3. The molecule has 0 saturated heterocycles. The number of hydrogen-bond donors (Lipinski definition) is 2. The maximum Gasteiger partial charge on any atom is 0.257 e. The van der Waals surface area contributed by atoms with Crippen molar-refractivity contribution >= 4 is 23.4 Å². The molecule has 0 amide bonds. The average Bonchev–Trinajstić information content (AvgIpc) is 3.20. The Labute approximate surface area is 178 Å². The van der Waals surface area contributed by atoms with Crippen LogP contribution in [0, 0.1) is 0 Å². The number of Topliss-reactive ketones (excluding diaryl/α,β-unsaturated/α-hetero) is 1. The number of thioether (sulfide) groups is 1. The highest BCUT2D eigenvalue weighted by atomic mass is 32.2. The van der Waals surface area contributed by atoms with Gasteiger partial charge in [0.05, 0.1) is 5.56 Å². The molecule has 0 spiro atoms. The Morgan fingerprint density at radius 2 is 2.07 bits per heavy atom. The number of benzene rings is 1. The lowest BCUT2D eigenvalue weighted by Gasteiger charge is -2.32. The number of aromatic nitrogens is 2. The van der Waals surface area contributed by atoms with Crippen molar-refractivity contribution in [2.24, 2.45) is 0 Å². The van der Waals surface area contributed by atoms with Crippen molar-refractivity contribution in [2.45, 2.75) is 50.1 Å². The second-order valence-corrected chi connectivity index (χ2v) is 8.76. The lowest BCUT2D eigenvalue weighted by atomic mass is 9.76. The molecule has 2 N–H and O–H groups in total. The number of nitrogens with one attached hydrogen (secondary N) is 2. The molecule has 2 aliphatic heterocycles. The number of carbonyl (C=O) groups excluding carboxylic acids is 1. The number of anilines is 1. The van der Waals surface area contributed by atoms with E-state index in [4.69, 9.17) is 14.5 Å². The van der Waals surface area contributed by atoms with Crippen molar-refractivity contribution in [3.8, 4) is 11.5 Å². The number of aromatic amines is 1. The number of unbranched alkanes of at least 4 members (excludes halogenated alkanes) is 1. The first kappa shape index (κ1) is 19.2. The van der Waals surface area contributed by atoms with Crippen LogP contribution in [-0.2, 0) is 4.79 Å². The molecular formula is C22H23N3O4S. The van der Waals surface area contributed by atoms with Crippen LogP contribution in [0.3, 0.4) is 0 Å². The minimum atomic E-state index is -0.468. The molecular weight excluding hydrogens is 402 g/mol. The van der Waals surface area contributed by atoms with Gasteiger partial charge in [0.1, 0.15) is 5.82 Å². The number of ether oxygens (including phenoxy) is 2. The molecule has 7 nitrogen and oxygen atoms in total. The molecule has 2 aromatic rings. The van der Waals surface area contributed by atoms with E-state index in [1.165, 1.54) is 0 Å². The Kier molecular flexibility index (Phi) is 5.02. The summed E-state index contributed by atoms with van der Waals surface area (Å²) in [6.45, 7) is 2.31. The van der Waals surface area contributed by atoms with Gasteiger partial charge in [0, 0.05) is 29.4 Å². The van der Waals surface area contributed by atoms with Gasteiger partial charge in [0.2, 0.25) is 6.79 Å². The summed E-state index contributed by atoms with van der Waals surface area (Å²) in [6, 6.07) is 5.62. The van der Waals surface area contributed by atoms with Crippen molar-refractivity contribution in [3.63, 3.8) is 0 Å². The molecule has 3 aliphatic rings. The Hall–Kier alpha value is -2.74. The molecule has 8 heteroatoms. The third-order valence-electron chi connectivity index (χ3n) is 5.70. The Morgan fingerprint density at radius 3 is 2.93 bits per heavy atom. The van der Waals surface area contributed by atoms with Crippen LogP contribution in [0.5, 0.6) is 11.5 Å². The third-order valence-corrected chi connectivity index (χ3v) is 6.66. The predicted molar refractivity (Wildman–Crippen MR) is 114 cm³/mol. The van der Waals surface area contributed by atoms with Crippen molar-refractivity contribution in [2.75, 3.05) is 17.9 Å². The lowest BCUT2D eigenvalue weighted by molar-refractivity contribution is -0.116. The lowest BCUT2D eigenvalue weighted by Crippen LogP contribution is -2.32. The summed E-state index contributed by atoms with van der Waals surface area (Å²) in [4.78, 5) is 33.7. The summed E-state index contributed by atoms with van der Waals surface area (Å²) in [6.07, 6.45) is 4.21. The minimum Gasteiger partial charge on any atom is -0.454 e. The van der Waals surface area contributed by atoms with Crippen molar-refractivity contribution in [3.05, 3.63) is 50.9 Å². The van der Waals surface area contributed by atoms with E-state index in [0.717, 1.165) is 42.7 Å². The average molecular weight is 426 g/mol. The van der Waals surface area contributed by atoms with Crippen molar-refractivity contribution in [1.82, 2.24) is 9.97 Å². The zero-order valence-electron chi connectivity index (χ0n) is 16.7. The van der Waals surface area contributed by atoms with E-state index in [1.807, 2.05) is 18.2 Å². The summed E-state index contributed by atoms with van der Waals surface area (Å²) in [5.41, 5.74) is 2.67. The highest BCUT2D eigenvalue weighted by molar-refractivity contribution is 7.99. The molecule has 0 saturated carbocycles. The predicted octanol–water partition coefficient (Wildman–Crippen LogP) is 3.96. The fraction of sp³-hybridized carbons (Fsp3) is 0.409. The van der Waals surface area contributed by atoms with E-state index >= 15 is 0 Å². The monoisotopic (exact) mass is 425 g/mol. The third kappa shape index (κ3) is 3.29. The second kappa shape index (κ2) is 7.83. The number of rotatable bonds is 5. The number of carbonyl (C=O) groups is 1. The van der Waals surface area contributed by atoms with Gasteiger partial charge in [0.25, 0.3) is 5.56 Å².